The van der Waals surface area contributed by atoms with E-state index >= 15 is 0 Å². The molecule has 1 aliphatic rings. The average Bonchev–Trinajstić information content (AvgIpc) is 3.39. The first-order valence-electron chi connectivity index (χ1n) is 8.80. The number of aryl methyl sites for hydroxylation is 2. The van der Waals surface area contributed by atoms with E-state index < -0.39 is 0 Å². The van der Waals surface area contributed by atoms with Crippen LogP contribution in [-0.4, -0.2) is 42.1 Å². The number of imidazole rings is 1. The number of rotatable bonds is 2. The van der Waals surface area contributed by atoms with Gasteiger partial charge in [-0.2, -0.15) is 5.10 Å². The highest BCUT2D eigenvalue weighted by atomic mass is 32.1. The highest BCUT2D eigenvalue weighted by Crippen LogP contribution is 2.38. The molecule has 3 aromatic heterocycles. The standard InChI is InChI=1S/C19H18N6OS/c1-11-4-3-5-14-15(11)23-18(27-14)17-16-12(20-10-21-16)7-9-25(17)19(26)13-6-8-22-24(13)2/h3-6,8,10,17H,7,9H2,1-2H3,(H,20,21)/t17-/m0/s1. The molecular formula is C19H18N6OS. The first-order chi connectivity index (χ1) is 13.1. The molecule has 1 aliphatic heterocycles. The minimum Gasteiger partial charge on any atom is -0.348 e. The summed E-state index contributed by atoms with van der Waals surface area (Å²) < 4.78 is 2.74. The number of carbonyl (C=O) groups excluding carboxylic acids is 1. The predicted octanol–water partition coefficient (Wildman–Crippen LogP) is 2.85. The van der Waals surface area contributed by atoms with E-state index in [0.717, 1.165) is 38.6 Å². The number of thiazole rings is 1. The van der Waals surface area contributed by atoms with Gasteiger partial charge in [-0.3, -0.25) is 9.48 Å². The van der Waals surface area contributed by atoms with Gasteiger partial charge in [-0.05, 0) is 24.6 Å². The van der Waals surface area contributed by atoms with Gasteiger partial charge in [0.1, 0.15) is 16.7 Å². The second kappa shape index (κ2) is 6.02. The van der Waals surface area contributed by atoms with Gasteiger partial charge in [-0.25, -0.2) is 9.97 Å². The summed E-state index contributed by atoms with van der Waals surface area (Å²) in [4.78, 5) is 27.8. The Hall–Kier alpha value is -3.00. The number of benzene rings is 1. The Balaban J connectivity index is 1.66. The van der Waals surface area contributed by atoms with Crippen LogP contribution in [0.3, 0.4) is 0 Å². The molecule has 1 N–H and O–H groups in total. The zero-order valence-electron chi connectivity index (χ0n) is 15.0. The second-order valence-electron chi connectivity index (χ2n) is 6.73. The van der Waals surface area contributed by atoms with Crippen molar-refractivity contribution in [2.45, 2.75) is 19.4 Å². The smallest absolute Gasteiger partial charge is 0.273 e. The summed E-state index contributed by atoms with van der Waals surface area (Å²) in [6.07, 6.45) is 4.10. The molecule has 8 heteroatoms. The molecular weight excluding hydrogens is 360 g/mol. The van der Waals surface area contributed by atoms with Gasteiger partial charge in [0.25, 0.3) is 5.91 Å². The highest BCUT2D eigenvalue weighted by molar-refractivity contribution is 7.18. The number of hydrogen-bond donors (Lipinski definition) is 1. The number of carbonyl (C=O) groups is 1. The van der Waals surface area contributed by atoms with Crippen LogP contribution in [0, 0.1) is 6.92 Å². The number of aromatic nitrogens is 5. The van der Waals surface area contributed by atoms with Crippen molar-refractivity contribution in [3.63, 3.8) is 0 Å². The number of para-hydroxylation sites is 1. The highest BCUT2D eigenvalue weighted by Gasteiger charge is 2.37. The third kappa shape index (κ3) is 2.48. The van der Waals surface area contributed by atoms with E-state index in [1.165, 1.54) is 0 Å². The average molecular weight is 378 g/mol. The molecule has 136 valence electrons. The summed E-state index contributed by atoms with van der Waals surface area (Å²) in [6.45, 7) is 2.67. The number of aromatic amines is 1. The van der Waals surface area contributed by atoms with Crippen LogP contribution < -0.4 is 0 Å². The quantitative estimate of drug-likeness (QED) is 0.582. The summed E-state index contributed by atoms with van der Waals surface area (Å²) in [5.74, 6) is -0.0513. The lowest BCUT2D eigenvalue weighted by Crippen LogP contribution is -2.41. The normalized spacial score (nSPS) is 16.7. The van der Waals surface area contributed by atoms with Gasteiger partial charge in [0.05, 0.1) is 22.2 Å². The van der Waals surface area contributed by atoms with Gasteiger partial charge in [-0.15, -0.1) is 11.3 Å². The fourth-order valence-corrected chi connectivity index (χ4v) is 4.86. The van der Waals surface area contributed by atoms with E-state index in [4.69, 9.17) is 4.98 Å². The molecule has 0 unspecified atom stereocenters. The molecule has 1 atom stereocenters. The monoisotopic (exact) mass is 378 g/mol. The van der Waals surface area contributed by atoms with E-state index in [1.54, 1.807) is 41.7 Å². The van der Waals surface area contributed by atoms with E-state index in [9.17, 15) is 4.79 Å². The SMILES string of the molecule is Cc1cccc2sc([C@@H]3c4nc[nH]c4CCN3C(=O)c3ccnn3C)nc12. The number of H-pyrrole nitrogens is 1. The molecule has 0 spiro atoms. The molecule has 0 aliphatic carbocycles. The van der Waals surface area contributed by atoms with Crippen LogP contribution in [0.5, 0.6) is 0 Å². The van der Waals surface area contributed by atoms with Crippen molar-refractivity contribution in [3.8, 4) is 0 Å². The van der Waals surface area contributed by atoms with Crippen molar-refractivity contribution in [2.75, 3.05) is 6.54 Å². The van der Waals surface area contributed by atoms with Gasteiger partial charge in [0.2, 0.25) is 0 Å². The molecule has 0 saturated carbocycles. The Bertz CT molecular complexity index is 1160. The van der Waals surface area contributed by atoms with E-state index in [2.05, 4.69) is 34.1 Å². The van der Waals surface area contributed by atoms with Crippen molar-refractivity contribution in [3.05, 3.63) is 64.4 Å². The van der Waals surface area contributed by atoms with Crippen molar-refractivity contribution in [1.82, 2.24) is 29.6 Å². The lowest BCUT2D eigenvalue weighted by molar-refractivity contribution is 0.0679. The van der Waals surface area contributed by atoms with Crippen LogP contribution in [0.4, 0.5) is 0 Å². The predicted molar refractivity (Wildman–Crippen MR) is 103 cm³/mol. The fraction of sp³-hybridized carbons (Fsp3) is 0.263. The number of nitrogens with one attached hydrogen (secondary N) is 1. The molecule has 4 aromatic rings. The summed E-state index contributed by atoms with van der Waals surface area (Å²) >= 11 is 1.63. The lowest BCUT2D eigenvalue weighted by atomic mass is 10.0. The van der Waals surface area contributed by atoms with Crippen LogP contribution in [-0.2, 0) is 13.5 Å². The molecule has 27 heavy (non-hydrogen) atoms. The second-order valence-corrected chi connectivity index (χ2v) is 7.79. The zero-order chi connectivity index (χ0) is 18.5. The Morgan fingerprint density at radius 3 is 3.00 bits per heavy atom. The largest absolute Gasteiger partial charge is 0.348 e. The first kappa shape index (κ1) is 16.2. The Labute approximate surface area is 159 Å². The topological polar surface area (TPSA) is 79.7 Å². The van der Waals surface area contributed by atoms with Crippen LogP contribution in [0.25, 0.3) is 10.2 Å². The minimum atomic E-state index is -0.292. The van der Waals surface area contributed by atoms with Crippen LogP contribution >= 0.6 is 11.3 Å². The van der Waals surface area contributed by atoms with Gasteiger partial charge in [-0.1, -0.05) is 12.1 Å². The lowest BCUT2D eigenvalue weighted by Gasteiger charge is -2.33. The van der Waals surface area contributed by atoms with Gasteiger partial charge in [0, 0.05) is 31.9 Å². The molecule has 7 nitrogen and oxygen atoms in total. The van der Waals surface area contributed by atoms with Gasteiger partial charge < -0.3 is 9.88 Å². The van der Waals surface area contributed by atoms with E-state index in [0.29, 0.717) is 12.2 Å². The Morgan fingerprint density at radius 1 is 1.33 bits per heavy atom. The fourth-order valence-electron chi connectivity index (χ4n) is 3.70. The van der Waals surface area contributed by atoms with Gasteiger partial charge in [0.15, 0.2) is 0 Å². The van der Waals surface area contributed by atoms with E-state index in [-0.39, 0.29) is 11.9 Å². The van der Waals surface area contributed by atoms with Crippen LogP contribution in [0.1, 0.15) is 38.5 Å². The maximum absolute atomic E-state index is 13.3. The molecule has 0 radical (unpaired) electrons. The summed E-state index contributed by atoms with van der Waals surface area (Å²) in [5.41, 5.74) is 4.65. The molecule has 1 amide bonds. The zero-order valence-corrected chi connectivity index (χ0v) is 15.8. The van der Waals surface area contributed by atoms with E-state index in [1.807, 2.05) is 11.0 Å². The summed E-state index contributed by atoms with van der Waals surface area (Å²) in [6, 6.07) is 7.64. The summed E-state index contributed by atoms with van der Waals surface area (Å²) in [7, 11) is 1.78. The van der Waals surface area contributed by atoms with Gasteiger partial charge >= 0.3 is 0 Å². The number of nitrogens with zero attached hydrogens (tertiary/aromatic N) is 5. The maximum atomic E-state index is 13.3. The van der Waals surface area contributed by atoms with Crippen molar-refractivity contribution >= 4 is 27.5 Å². The number of hydrogen-bond acceptors (Lipinski definition) is 5. The molecule has 4 heterocycles. The maximum Gasteiger partial charge on any atom is 0.273 e. The third-order valence-corrected chi connectivity index (χ3v) is 6.17. The van der Waals surface area contributed by atoms with Crippen LogP contribution in [0.2, 0.25) is 0 Å². The molecule has 0 bridgehead atoms. The molecule has 1 aromatic carbocycles. The minimum absolute atomic E-state index is 0.0513. The number of fused-ring (bicyclic) bond motifs is 2. The van der Waals surface area contributed by atoms with Crippen molar-refractivity contribution < 1.29 is 4.79 Å². The molecule has 0 saturated heterocycles. The first-order valence-corrected chi connectivity index (χ1v) is 9.62. The third-order valence-electron chi connectivity index (χ3n) is 5.10. The van der Waals surface area contributed by atoms with Crippen molar-refractivity contribution in [2.24, 2.45) is 7.05 Å². The Kier molecular flexibility index (Phi) is 3.61. The number of amides is 1. The molecule has 0 fully saturated rings. The summed E-state index contributed by atoms with van der Waals surface area (Å²) in [5, 5.41) is 5.04. The van der Waals surface area contributed by atoms with Crippen molar-refractivity contribution in [1.29, 1.82) is 0 Å². The van der Waals surface area contributed by atoms with Crippen LogP contribution in [0.15, 0.2) is 36.8 Å². The Morgan fingerprint density at radius 2 is 2.22 bits per heavy atom. The molecule has 5 rings (SSSR count).